The molecule has 0 aliphatic carbocycles. The second-order valence-corrected chi connectivity index (χ2v) is 5.74. The highest BCUT2D eigenvalue weighted by Crippen LogP contribution is 2.26. The van der Waals surface area contributed by atoms with E-state index in [1.54, 1.807) is 36.4 Å². The molecule has 1 N–H and O–H groups in total. The first-order valence-corrected chi connectivity index (χ1v) is 7.82. The number of amides is 1. The van der Waals surface area contributed by atoms with E-state index in [0.717, 1.165) is 0 Å². The zero-order valence-corrected chi connectivity index (χ0v) is 13.9. The lowest BCUT2D eigenvalue weighted by molar-refractivity contribution is -0.120. The van der Waals surface area contributed by atoms with Crippen LogP contribution in [0.3, 0.4) is 0 Å². The SMILES string of the molecule is CC(=O)C1=NC(c2ccccc2)C(=O)N(c2ccc(C(C)=O)cc2)N1. The molecule has 0 radical (unpaired) electrons. The number of carbonyl (C=O) groups is 3. The first-order chi connectivity index (χ1) is 12.0. The summed E-state index contributed by atoms with van der Waals surface area (Å²) in [5.41, 5.74) is 4.55. The third kappa shape index (κ3) is 3.33. The Bertz CT molecular complexity index is 857. The number of anilines is 1. The van der Waals surface area contributed by atoms with Gasteiger partial charge in [0.05, 0.1) is 5.69 Å². The minimum absolute atomic E-state index is 0.0578. The Balaban J connectivity index is 2.00. The number of hydrogen-bond donors (Lipinski definition) is 1. The van der Waals surface area contributed by atoms with E-state index < -0.39 is 6.04 Å². The van der Waals surface area contributed by atoms with Gasteiger partial charge in [-0.25, -0.2) is 10.0 Å². The minimum atomic E-state index is -0.797. The van der Waals surface area contributed by atoms with Gasteiger partial charge in [-0.1, -0.05) is 30.3 Å². The summed E-state index contributed by atoms with van der Waals surface area (Å²) in [5, 5.41) is 1.30. The van der Waals surface area contributed by atoms with Gasteiger partial charge in [-0.15, -0.1) is 0 Å². The molecule has 1 heterocycles. The van der Waals surface area contributed by atoms with Crippen molar-refractivity contribution >= 4 is 29.0 Å². The summed E-state index contributed by atoms with van der Waals surface area (Å²) in [5.74, 6) is -0.507. The molecule has 0 fully saturated rings. The normalized spacial score (nSPS) is 16.9. The molecule has 2 aromatic rings. The van der Waals surface area contributed by atoms with Gasteiger partial charge in [0.2, 0.25) is 0 Å². The molecule has 0 saturated heterocycles. The minimum Gasteiger partial charge on any atom is -0.295 e. The summed E-state index contributed by atoms with van der Waals surface area (Å²) in [4.78, 5) is 40.4. The third-order valence-corrected chi connectivity index (χ3v) is 3.91. The largest absolute Gasteiger partial charge is 0.295 e. The van der Waals surface area contributed by atoms with Crippen LogP contribution in [0.4, 0.5) is 5.69 Å². The molecule has 126 valence electrons. The Hall–Kier alpha value is -3.28. The van der Waals surface area contributed by atoms with Crippen molar-refractivity contribution in [2.45, 2.75) is 19.9 Å². The lowest BCUT2D eigenvalue weighted by Gasteiger charge is -2.31. The standard InChI is InChI=1S/C19H17N3O3/c1-12(23)14-8-10-16(11-9-14)22-19(25)17(15-6-4-3-5-7-15)20-18(21-22)13(2)24/h3-11,17H,1-2H3,(H,20,21). The van der Waals surface area contributed by atoms with Crippen LogP contribution in [-0.4, -0.2) is 23.3 Å². The molecule has 1 unspecified atom stereocenters. The summed E-state index contributed by atoms with van der Waals surface area (Å²) in [7, 11) is 0. The summed E-state index contributed by atoms with van der Waals surface area (Å²) >= 11 is 0. The maximum absolute atomic E-state index is 12.9. The van der Waals surface area contributed by atoms with Gasteiger partial charge in [0.1, 0.15) is 0 Å². The van der Waals surface area contributed by atoms with E-state index in [1.807, 2.05) is 18.2 Å². The molecule has 1 aliphatic rings. The van der Waals surface area contributed by atoms with Gasteiger partial charge in [0, 0.05) is 12.5 Å². The Morgan fingerprint density at radius 2 is 1.60 bits per heavy atom. The maximum atomic E-state index is 12.9. The van der Waals surface area contributed by atoms with Gasteiger partial charge in [-0.3, -0.25) is 19.8 Å². The highest BCUT2D eigenvalue weighted by atomic mass is 16.2. The Morgan fingerprint density at radius 3 is 2.16 bits per heavy atom. The van der Waals surface area contributed by atoms with Crippen molar-refractivity contribution in [2.75, 3.05) is 5.01 Å². The fourth-order valence-electron chi connectivity index (χ4n) is 2.56. The lowest BCUT2D eigenvalue weighted by Crippen LogP contribution is -2.54. The highest BCUT2D eigenvalue weighted by molar-refractivity contribution is 6.39. The predicted molar refractivity (Wildman–Crippen MR) is 94.4 cm³/mol. The number of nitrogens with zero attached hydrogens (tertiary/aromatic N) is 2. The van der Waals surface area contributed by atoms with Gasteiger partial charge in [0.25, 0.3) is 5.91 Å². The van der Waals surface area contributed by atoms with Crippen LogP contribution in [0.5, 0.6) is 0 Å². The third-order valence-electron chi connectivity index (χ3n) is 3.91. The number of hydrazine groups is 1. The molecule has 0 saturated carbocycles. The van der Waals surface area contributed by atoms with E-state index in [9.17, 15) is 14.4 Å². The summed E-state index contributed by atoms with van der Waals surface area (Å²) < 4.78 is 0. The monoisotopic (exact) mass is 335 g/mol. The van der Waals surface area contributed by atoms with E-state index in [-0.39, 0.29) is 23.3 Å². The van der Waals surface area contributed by atoms with Gasteiger partial charge in [-0.05, 0) is 36.8 Å². The van der Waals surface area contributed by atoms with Gasteiger partial charge < -0.3 is 0 Å². The molecule has 25 heavy (non-hydrogen) atoms. The molecule has 3 rings (SSSR count). The van der Waals surface area contributed by atoms with Crippen LogP contribution in [0.25, 0.3) is 0 Å². The maximum Gasteiger partial charge on any atom is 0.275 e. The van der Waals surface area contributed by atoms with E-state index in [2.05, 4.69) is 10.4 Å². The van der Waals surface area contributed by atoms with Crippen molar-refractivity contribution < 1.29 is 14.4 Å². The highest BCUT2D eigenvalue weighted by Gasteiger charge is 2.33. The van der Waals surface area contributed by atoms with Gasteiger partial charge >= 0.3 is 0 Å². The number of ketones is 2. The first kappa shape index (κ1) is 16.6. The molecule has 2 aromatic carbocycles. The van der Waals surface area contributed by atoms with Crippen LogP contribution < -0.4 is 10.4 Å². The van der Waals surface area contributed by atoms with Crippen LogP contribution in [0, 0.1) is 0 Å². The molecular formula is C19H17N3O3. The molecular weight excluding hydrogens is 318 g/mol. The molecule has 6 nitrogen and oxygen atoms in total. The number of aliphatic imine (C=N–C) groups is 1. The van der Waals surface area contributed by atoms with Crippen molar-refractivity contribution in [1.29, 1.82) is 0 Å². The average molecular weight is 335 g/mol. The van der Waals surface area contributed by atoms with Crippen LogP contribution in [0.2, 0.25) is 0 Å². The smallest absolute Gasteiger partial charge is 0.275 e. The average Bonchev–Trinajstić information content (AvgIpc) is 2.62. The molecule has 1 atom stereocenters. The van der Waals surface area contributed by atoms with Crippen molar-refractivity contribution in [2.24, 2.45) is 4.99 Å². The van der Waals surface area contributed by atoms with E-state index in [0.29, 0.717) is 16.8 Å². The van der Waals surface area contributed by atoms with E-state index >= 15 is 0 Å². The number of Topliss-reactive ketones (excluding diaryl/α,β-unsaturated/α-hetero) is 2. The number of rotatable bonds is 4. The zero-order chi connectivity index (χ0) is 18.0. The summed E-state index contributed by atoms with van der Waals surface area (Å²) in [6, 6.07) is 14.9. The van der Waals surface area contributed by atoms with Crippen molar-refractivity contribution in [3.05, 3.63) is 65.7 Å². The van der Waals surface area contributed by atoms with Crippen LogP contribution >= 0.6 is 0 Å². The van der Waals surface area contributed by atoms with Crippen LogP contribution in [-0.2, 0) is 9.59 Å². The van der Waals surface area contributed by atoms with Crippen molar-refractivity contribution in [3.63, 3.8) is 0 Å². The van der Waals surface area contributed by atoms with Crippen LogP contribution in [0.15, 0.2) is 59.6 Å². The molecule has 1 aliphatic heterocycles. The summed E-state index contributed by atoms with van der Waals surface area (Å²) in [6.07, 6.45) is 0. The molecule has 0 bridgehead atoms. The van der Waals surface area contributed by atoms with E-state index in [4.69, 9.17) is 0 Å². The topological polar surface area (TPSA) is 78.8 Å². The summed E-state index contributed by atoms with van der Waals surface area (Å²) in [6.45, 7) is 2.87. The Morgan fingerprint density at radius 1 is 0.960 bits per heavy atom. The van der Waals surface area contributed by atoms with Crippen LogP contribution in [0.1, 0.15) is 35.8 Å². The fourth-order valence-corrected chi connectivity index (χ4v) is 2.56. The quantitative estimate of drug-likeness (QED) is 0.871. The molecule has 0 aromatic heterocycles. The zero-order valence-electron chi connectivity index (χ0n) is 13.9. The fraction of sp³-hybridized carbons (Fsp3) is 0.158. The van der Waals surface area contributed by atoms with E-state index in [1.165, 1.54) is 18.9 Å². The lowest BCUT2D eigenvalue weighted by atomic mass is 10.0. The van der Waals surface area contributed by atoms with Gasteiger partial charge in [0.15, 0.2) is 23.4 Å². The predicted octanol–water partition coefficient (Wildman–Crippen LogP) is 2.47. The van der Waals surface area contributed by atoms with Crippen molar-refractivity contribution in [1.82, 2.24) is 5.43 Å². The number of hydrogen-bond acceptors (Lipinski definition) is 5. The number of nitrogens with one attached hydrogen (secondary N) is 1. The number of benzene rings is 2. The molecule has 1 amide bonds. The Labute approximate surface area is 145 Å². The number of amidine groups is 1. The Kier molecular flexibility index (Phi) is 4.43. The second-order valence-electron chi connectivity index (χ2n) is 5.74. The van der Waals surface area contributed by atoms with Gasteiger partial charge in [-0.2, -0.15) is 0 Å². The second kappa shape index (κ2) is 6.68. The number of carbonyl (C=O) groups excluding carboxylic acids is 3. The molecule has 6 heteroatoms. The van der Waals surface area contributed by atoms with Crippen molar-refractivity contribution in [3.8, 4) is 0 Å². The molecule has 0 spiro atoms. The first-order valence-electron chi connectivity index (χ1n) is 7.82.